The fourth-order valence-electron chi connectivity index (χ4n) is 3.81. The van der Waals surface area contributed by atoms with Gasteiger partial charge in [-0.25, -0.2) is 0 Å². The van der Waals surface area contributed by atoms with E-state index in [0.29, 0.717) is 0 Å². The highest BCUT2D eigenvalue weighted by atomic mass is 16.5. The molecule has 0 saturated heterocycles. The fourth-order valence-corrected chi connectivity index (χ4v) is 3.81. The quantitative estimate of drug-likeness (QED) is 0.474. The van der Waals surface area contributed by atoms with Crippen LogP contribution in [-0.2, 0) is 0 Å². The lowest BCUT2D eigenvalue weighted by Gasteiger charge is -2.41. The maximum Gasteiger partial charge on any atom is 0.258 e. The van der Waals surface area contributed by atoms with Crippen LogP contribution in [0.5, 0.6) is 5.75 Å². The van der Waals surface area contributed by atoms with Gasteiger partial charge in [0.1, 0.15) is 11.9 Å². The minimum atomic E-state index is -0.171. The number of unbranched alkanes of at least 4 members (excludes halogenated alkanes) is 4. The Hall–Kier alpha value is -2.49. The average Bonchev–Trinajstić information content (AvgIpc) is 2.76. The molecule has 1 aliphatic heterocycles. The van der Waals surface area contributed by atoms with Gasteiger partial charge in [-0.2, -0.15) is 0 Å². The first-order valence-corrected chi connectivity index (χ1v) is 11.1. The summed E-state index contributed by atoms with van der Waals surface area (Å²) in [7, 11) is 0. The molecule has 2 unspecified atom stereocenters. The third-order valence-electron chi connectivity index (χ3n) is 5.74. The lowest BCUT2D eigenvalue weighted by Crippen LogP contribution is -2.47. The summed E-state index contributed by atoms with van der Waals surface area (Å²) < 4.78 is 5.90. The molecule has 2 aromatic carbocycles. The zero-order valence-electron chi connectivity index (χ0n) is 18.0. The Balaban J connectivity index is 1.70. The van der Waals surface area contributed by atoms with Gasteiger partial charge in [-0.3, -0.25) is 4.79 Å². The van der Waals surface area contributed by atoms with E-state index in [1.54, 1.807) is 0 Å². The van der Waals surface area contributed by atoms with Crippen LogP contribution in [0.25, 0.3) is 0 Å². The molecule has 1 heterocycles. The number of hydrogen-bond donors (Lipinski definition) is 1. The predicted octanol–water partition coefficient (Wildman–Crippen LogP) is 6.40. The lowest BCUT2D eigenvalue weighted by molar-refractivity contribution is 0.0593. The molecular formula is C25H34N2O2. The lowest BCUT2D eigenvalue weighted by atomic mass is 10.0. The number of fused-ring (bicyclic) bond motifs is 1. The van der Waals surface area contributed by atoms with E-state index in [-0.39, 0.29) is 18.1 Å². The third kappa shape index (κ3) is 5.11. The zero-order chi connectivity index (χ0) is 20.6. The topological polar surface area (TPSA) is 41.6 Å². The smallest absolute Gasteiger partial charge is 0.258 e. The van der Waals surface area contributed by atoms with Gasteiger partial charge in [-0.15, -0.1) is 0 Å². The van der Waals surface area contributed by atoms with Crippen LogP contribution in [0.3, 0.4) is 0 Å². The predicted molar refractivity (Wildman–Crippen MR) is 119 cm³/mol. The molecule has 4 nitrogen and oxygen atoms in total. The van der Waals surface area contributed by atoms with Gasteiger partial charge in [-0.05, 0) is 49.6 Å². The van der Waals surface area contributed by atoms with Gasteiger partial charge in [0.05, 0.1) is 12.2 Å². The summed E-state index contributed by atoms with van der Waals surface area (Å²) in [6.07, 6.45) is 6.91. The molecule has 156 valence electrons. The fraction of sp³-hybridized carbons (Fsp3) is 0.480. The van der Waals surface area contributed by atoms with Gasteiger partial charge in [-0.1, -0.05) is 63.8 Å². The number of hydrogen-bond acceptors (Lipinski definition) is 3. The number of carbonyl (C=O) groups is 1. The molecule has 0 bridgehead atoms. The van der Waals surface area contributed by atoms with Crippen LogP contribution in [-0.4, -0.2) is 23.5 Å². The van der Waals surface area contributed by atoms with Gasteiger partial charge < -0.3 is 15.0 Å². The largest absolute Gasteiger partial charge is 0.494 e. The first-order valence-electron chi connectivity index (χ1n) is 11.1. The number of nitrogens with zero attached hydrogens (tertiary/aromatic N) is 1. The highest BCUT2D eigenvalue weighted by Crippen LogP contribution is 2.35. The first kappa shape index (κ1) is 21.2. The van der Waals surface area contributed by atoms with Crippen molar-refractivity contribution in [2.24, 2.45) is 0 Å². The summed E-state index contributed by atoms with van der Waals surface area (Å²) in [4.78, 5) is 15.1. The molecule has 0 aliphatic carbocycles. The van der Waals surface area contributed by atoms with E-state index < -0.39 is 0 Å². The van der Waals surface area contributed by atoms with E-state index in [2.05, 4.69) is 38.2 Å². The van der Waals surface area contributed by atoms with Crippen molar-refractivity contribution in [3.63, 3.8) is 0 Å². The van der Waals surface area contributed by atoms with Crippen LogP contribution in [0, 0.1) is 0 Å². The van der Waals surface area contributed by atoms with E-state index in [1.165, 1.54) is 25.7 Å². The molecule has 0 aromatic heterocycles. The van der Waals surface area contributed by atoms with Gasteiger partial charge in [0.25, 0.3) is 5.91 Å². The minimum Gasteiger partial charge on any atom is -0.494 e. The molecule has 1 amide bonds. The molecule has 0 radical (unpaired) electrons. The monoisotopic (exact) mass is 394 g/mol. The van der Waals surface area contributed by atoms with Crippen molar-refractivity contribution in [1.29, 1.82) is 0 Å². The highest BCUT2D eigenvalue weighted by molar-refractivity contribution is 6.01. The van der Waals surface area contributed by atoms with Crippen molar-refractivity contribution < 1.29 is 9.53 Å². The number of ether oxygens (including phenoxy) is 1. The molecule has 0 fully saturated rings. The number of para-hydroxylation sites is 1. The van der Waals surface area contributed by atoms with Crippen LogP contribution in [0.1, 0.15) is 81.4 Å². The van der Waals surface area contributed by atoms with Gasteiger partial charge in [0.2, 0.25) is 0 Å². The summed E-state index contributed by atoms with van der Waals surface area (Å²) in [5.41, 5.74) is 2.71. The number of benzene rings is 2. The molecular weight excluding hydrogens is 360 g/mol. The minimum absolute atomic E-state index is 0.0890. The highest BCUT2D eigenvalue weighted by Gasteiger charge is 2.35. The van der Waals surface area contributed by atoms with Gasteiger partial charge in [0, 0.05) is 11.7 Å². The summed E-state index contributed by atoms with van der Waals surface area (Å²) in [5, 5.41) is 3.56. The van der Waals surface area contributed by atoms with E-state index in [1.807, 2.05) is 41.3 Å². The van der Waals surface area contributed by atoms with Crippen molar-refractivity contribution >= 4 is 11.6 Å². The second-order valence-corrected chi connectivity index (χ2v) is 7.89. The Bertz CT molecular complexity index is 788. The Morgan fingerprint density at radius 3 is 2.45 bits per heavy atom. The van der Waals surface area contributed by atoms with Crippen molar-refractivity contribution in [1.82, 2.24) is 4.90 Å². The van der Waals surface area contributed by atoms with Crippen LogP contribution in [0.4, 0.5) is 5.69 Å². The third-order valence-corrected chi connectivity index (χ3v) is 5.74. The van der Waals surface area contributed by atoms with Crippen molar-refractivity contribution in [3.8, 4) is 5.75 Å². The number of carbonyl (C=O) groups excluding carboxylic acids is 1. The van der Waals surface area contributed by atoms with Crippen LogP contribution in [0.15, 0.2) is 48.5 Å². The Kier molecular flexibility index (Phi) is 7.56. The summed E-state index contributed by atoms with van der Waals surface area (Å²) in [5.74, 6) is 0.980. The Morgan fingerprint density at radius 1 is 1.00 bits per heavy atom. The molecule has 1 aliphatic rings. The van der Waals surface area contributed by atoms with E-state index in [0.717, 1.165) is 42.0 Å². The van der Waals surface area contributed by atoms with Crippen molar-refractivity contribution in [2.75, 3.05) is 11.9 Å². The maximum absolute atomic E-state index is 13.2. The maximum atomic E-state index is 13.2. The van der Waals surface area contributed by atoms with Crippen molar-refractivity contribution in [3.05, 3.63) is 59.7 Å². The van der Waals surface area contributed by atoms with E-state index in [4.69, 9.17) is 4.74 Å². The summed E-state index contributed by atoms with van der Waals surface area (Å²) in [6.45, 7) is 7.22. The SMILES string of the molecule is CCCCCCCOc1ccc(C2Nc3ccccc3C(=O)N2C(C)CC)cc1. The Labute approximate surface area is 175 Å². The van der Waals surface area contributed by atoms with Crippen LogP contribution < -0.4 is 10.1 Å². The Morgan fingerprint density at radius 2 is 1.72 bits per heavy atom. The normalized spacial score (nSPS) is 16.9. The molecule has 4 heteroatoms. The number of rotatable bonds is 10. The van der Waals surface area contributed by atoms with E-state index in [9.17, 15) is 4.79 Å². The summed E-state index contributed by atoms with van der Waals surface area (Å²) >= 11 is 0. The van der Waals surface area contributed by atoms with Crippen LogP contribution in [0.2, 0.25) is 0 Å². The molecule has 29 heavy (non-hydrogen) atoms. The molecule has 2 atom stereocenters. The number of nitrogens with one attached hydrogen (secondary N) is 1. The first-order chi connectivity index (χ1) is 14.2. The van der Waals surface area contributed by atoms with Crippen molar-refractivity contribution in [2.45, 2.75) is 71.5 Å². The van der Waals surface area contributed by atoms with Crippen LogP contribution >= 0.6 is 0 Å². The second-order valence-electron chi connectivity index (χ2n) is 7.89. The zero-order valence-corrected chi connectivity index (χ0v) is 18.0. The average molecular weight is 395 g/mol. The van der Waals surface area contributed by atoms with Gasteiger partial charge >= 0.3 is 0 Å². The second kappa shape index (κ2) is 10.3. The summed E-state index contributed by atoms with van der Waals surface area (Å²) in [6, 6.07) is 16.1. The molecule has 2 aromatic rings. The molecule has 0 spiro atoms. The standard InChI is InChI=1S/C25H34N2O2/c1-4-6-7-8-11-18-29-21-16-14-20(15-17-21)24-26-23-13-10-9-12-22(23)25(28)27(24)19(3)5-2/h9-10,12-17,19,24,26H,4-8,11,18H2,1-3H3. The number of anilines is 1. The molecule has 1 N–H and O–H groups in total. The number of amides is 1. The molecule has 0 saturated carbocycles. The van der Waals surface area contributed by atoms with E-state index >= 15 is 0 Å². The molecule has 3 rings (SSSR count). The van der Waals surface area contributed by atoms with Gasteiger partial charge in [0.15, 0.2) is 0 Å².